The second-order valence-electron chi connectivity index (χ2n) is 4.76. The molecule has 0 aliphatic carbocycles. The lowest BCUT2D eigenvalue weighted by atomic mass is 10.0. The number of aliphatic hydroxyl groups excluding tert-OH is 1. The molecule has 1 N–H and O–H groups in total. The average Bonchev–Trinajstić information content (AvgIpc) is 2.48. The molecule has 0 saturated carbocycles. The molecule has 0 aliphatic heterocycles. The number of para-hydroxylation sites is 1. The van der Waals surface area contributed by atoms with Gasteiger partial charge in [0.15, 0.2) is 0 Å². The fourth-order valence-electron chi connectivity index (χ4n) is 2.09. The van der Waals surface area contributed by atoms with E-state index >= 15 is 0 Å². The van der Waals surface area contributed by atoms with E-state index in [1.165, 1.54) is 0 Å². The normalized spacial score (nSPS) is 12.0. The molecule has 0 spiro atoms. The number of hydrogen-bond acceptors (Lipinski definition) is 3. The summed E-state index contributed by atoms with van der Waals surface area (Å²) in [6, 6.07) is 15.0. The van der Waals surface area contributed by atoms with E-state index < -0.39 is 6.10 Å². The minimum Gasteiger partial charge on any atom is -0.496 e. The third-order valence-electron chi connectivity index (χ3n) is 3.16. The number of ether oxygens (including phenoxy) is 2. The number of methoxy groups -OCH3 is 1. The minimum atomic E-state index is -0.499. The summed E-state index contributed by atoms with van der Waals surface area (Å²) in [5.74, 6) is 1.55. The number of aliphatic hydroxyl groups is 1. The molecule has 0 aromatic heterocycles. The first kappa shape index (κ1) is 15.7. The van der Waals surface area contributed by atoms with E-state index in [1.54, 1.807) is 13.2 Å². The molecule has 2 aromatic carbocycles. The molecule has 21 heavy (non-hydrogen) atoms. The van der Waals surface area contributed by atoms with Crippen molar-refractivity contribution in [3.8, 4) is 11.5 Å². The number of halogens is 1. The van der Waals surface area contributed by atoms with Crippen LogP contribution in [0.25, 0.3) is 0 Å². The Bertz CT molecular complexity index is 557. The van der Waals surface area contributed by atoms with E-state index in [1.807, 2.05) is 42.5 Å². The van der Waals surface area contributed by atoms with Crippen LogP contribution in [0.2, 0.25) is 5.02 Å². The highest BCUT2D eigenvalue weighted by Gasteiger charge is 2.11. The zero-order chi connectivity index (χ0) is 15.1. The monoisotopic (exact) mass is 306 g/mol. The van der Waals surface area contributed by atoms with E-state index in [0.29, 0.717) is 24.5 Å². The third kappa shape index (κ3) is 4.96. The Labute approximate surface area is 130 Å². The second-order valence-corrected chi connectivity index (χ2v) is 5.20. The van der Waals surface area contributed by atoms with Crippen molar-refractivity contribution in [3.63, 3.8) is 0 Å². The van der Waals surface area contributed by atoms with Gasteiger partial charge in [-0.15, -0.1) is 0 Å². The first-order chi connectivity index (χ1) is 10.2. The molecule has 0 bridgehead atoms. The topological polar surface area (TPSA) is 38.7 Å². The van der Waals surface area contributed by atoms with Gasteiger partial charge in [0, 0.05) is 17.9 Å². The Morgan fingerprint density at radius 3 is 2.62 bits per heavy atom. The van der Waals surface area contributed by atoms with Gasteiger partial charge in [0.2, 0.25) is 0 Å². The summed E-state index contributed by atoms with van der Waals surface area (Å²) in [5.41, 5.74) is 0.900. The fourth-order valence-corrected chi connectivity index (χ4v) is 2.29. The van der Waals surface area contributed by atoms with E-state index in [9.17, 15) is 5.11 Å². The second kappa shape index (κ2) is 7.91. The minimum absolute atomic E-state index is 0.466. The van der Waals surface area contributed by atoms with Crippen LogP contribution in [0.5, 0.6) is 11.5 Å². The van der Waals surface area contributed by atoms with Gasteiger partial charge in [0.25, 0.3) is 0 Å². The maximum atomic E-state index is 10.1. The lowest BCUT2D eigenvalue weighted by Crippen LogP contribution is -2.15. The predicted molar refractivity (Wildman–Crippen MR) is 84.3 cm³/mol. The lowest BCUT2D eigenvalue weighted by Gasteiger charge is -2.14. The smallest absolute Gasteiger partial charge is 0.122 e. The van der Waals surface area contributed by atoms with E-state index in [4.69, 9.17) is 21.1 Å². The molecule has 0 amide bonds. The molecule has 2 rings (SSSR count). The molecule has 3 nitrogen and oxygen atoms in total. The molecular formula is C17H19ClO3. The molecule has 0 fully saturated rings. The standard InChI is InChI=1S/C17H19ClO3/c1-20-17-8-7-14(18)11-13(17)12-15(19)9-10-21-16-5-3-2-4-6-16/h2-8,11,15,19H,9-10,12H2,1H3. The van der Waals surface area contributed by atoms with Crippen molar-refractivity contribution in [3.05, 3.63) is 59.1 Å². The molecule has 4 heteroatoms. The molecule has 2 aromatic rings. The van der Waals surface area contributed by atoms with Crippen LogP contribution in [0.1, 0.15) is 12.0 Å². The van der Waals surface area contributed by atoms with Crippen LogP contribution in [0.15, 0.2) is 48.5 Å². The molecular weight excluding hydrogens is 288 g/mol. The first-order valence-corrected chi connectivity index (χ1v) is 7.25. The molecule has 0 aliphatic rings. The lowest BCUT2D eigenvalue weighted by molar-refractivity contribution is 0.138. The van der Waals surface area contributed by atoms with E-state index in [-0.39, 0.29) is 0 Å². The SMILES string of the molecule is COc1ccc(Cl)cc1CC(O)CCOc1ccccc1. The van der Waals surface area contributed by atoms with Crippen LogP contribution in [-0.4, -0.2) is 24.9 Å². The first-order valence-electron chi connectivity index (χ1n) is 6.87. The van der Waals surface area contributed by atoms with Crippen LogP contribution in [-0.2, 0) is 6.42 Å². The summed E-state index contributed by atoms with van der Waals surface area (Å²) in [6.45, 7) is 0.466. The maximum Gasteiger partial charge on any atom is 0.122 e. The van der Waals surface area contributed by atoms with E-state index in [0.717, 1.165) is 17.1 Å². The maximum absolute atomic E-state index is 10.1. The summed E-state index contributed by atoms with van der Waals surface area (Å²) >= 11 is 5.98. The Morgan fingerprint density at radius 1 is 1.14 bits per heavy atom. The summed E-state index contributed by atoms with van der Waals surface area (Å²) in [6.07, 6.45) is 0.535. The quantitative estimate of drug-likeness (QED) is 0.847. The van der Waals surface area contributed by atoms with E-state index in [2.05, 4.69) is 0 Å². The van der Waals surface area contributed by atoms with Crippen molar-refractivity contribution in [1.82, 2.24) is 0 Å². The molecule has 0 saturated heterocycles. The summed E-state index contributed by atoms with van der Waals surface area (Å²) in [5, 5.41) is 10.8. The van der Waals surface area contributed by atoms with Gasteiger partial charge in [0.05, 0.1) is 19.8 Å². The van der Waals surface area contributed by atoms with Gasteiger partial charge in [-0.1, -0.05) is 29.8 Å². The summed E-state index contributed by atoms with van der Waals surface area (Å²) in [7, 11) is 1.61. The van der Waals surface area contributed by atoms with Gasteiger partial charge in [0.1, 0.15) is 11.5 Å². The highest BCUT2D eigenvalue weighted by molar-refractivity contribution is 6.30. The zero-order valence-corrected chi connectivity index (χ0v) is 12.7. The molecule has 1 atom stereocenters. The van der Waals surface area contributed by atoms with Gasteiger partial charge in [-0.3, -0.25) is 0 Å². The van der Waals surface area contributed by atoms with Gasteiger partial charge >= 0.3 is 0 Å². The van der Waals surface area contributed by atoms with Gasteiger partial charge < -0.3 is 14.6 Å². The highest BCUT2D eigenvalue weighted by Crippen LogP contribution is 2.24. The molecule has 0 radical (unpaired) electrons. The predicted octanol–water partition coefficient (Wildman–Crippen LogP) is 3.72. The van der Waals surface area contributed by atoms with Gasteiger partial charge in [-0.2, -0.15) is 0 Å². The molecule has 1 unspecified atom stereocenters. The van der Waals surface area contributed by atoms with Crippen molar-refractivity contribution in [2.45, 2.75) is 18.9 Å². The largest absolute Gasteiger partial charge is 0.496 e. The summed E-state index contributed by atoms with van der Waals surface area (Å²) < 4.78 is 10.9. The van der Waals surface area contributed by atoms with Crippen molar-refractivity contribution in [2.75, 3.05) is 13.7 Å². The van der Waals surface area contributed by atoms with Crippen molar-refractivity contribution >= 4 is 11.6 Å². The number of hydrogen-bond donors (Lipinski definition) is 1. The Morgan fingerprint density at radius 2 is 1.90 bits per heavy atom. The number of rotatable bonds is 7. The third-order valence-corrected chi connectivity index (χ3v) is 3.40. The fraction of sp³-hybridized carbons (Fsp3) is 0.294. The Balaban J connectivity index is 1.84. The van der Waals surface area contributed by atoms with Crippen molar-refractivity contribution in [2.24, 2.45) is 0 Å². The van der Waals surface area contributed by atoms with Gasteiger partial charge in [-0.05, 0) is 35.9 Å². The van der Waals surface area contributed by atoms with Gasteiger partial charge in [-0.25, -0.2) is 0 Å². The summed E-state index contributed by atoms with van der Waals surface area (Å²) in [4.78, 5) is 0. The number of benzene rings is 2. The van der Waals surface area contributed by atoms with Crippen molar-refractivity contribution in [1.29, 1.82) is 0 Å². The van der Waals surface area contributed by atoms with Crippen LogP contribution in [0, 0.1) is 0 Å². The highest BCUT2D eigenvalue weighted by atomic mass is 35.5. The zero-order valence-electron chi connectivity index (χ0n) is 12.0. The van der Waals surface area contributed by atoms with Crippen LogP contribution < -0.4 is 9.47 Å². The van der Waals surface area contributed by atoms with Crippen LogP contribution in [0.3, 0.4) is 0 Å². The Kier molecular flexibility index (Phi) is 5.90. The molecule has 0 heterocycles. The molecule has 112 valence electrons. The van der Waals surface area contributed by atoms with Crippen LogP contribution in [0.4, 0.5) is 0 Å². The van der Waals surface area contributed by atoms with Crippen LogP contribution >= 0.6 is 11.6 Å². The van der Waals surface area contributed by atoms with Crippen molar-refractivity contribution < 1.29 is 14.6 Å². The average molecular weight is 307 g/mol. The Hall–Kier alpha value is -1.71.